The molecule has 0 fully saturated rings. The maximum absolute atomic E-state index is 12.6. The van der Waals surface area contributed by atoms with Gasteiger partial charge in [0.25, 0.3) is 0 Å². The second kappa shape index (κ2) is 7.45. The van der Waals surface area contributed by atoms with Crippen molar-refractivity contribution < 1.29 is 23.1 Å². The van der Waals surface area contributed by atoms with Crippen molar-refractivity contribution in [2.75, 3.05) is 0 Å². The molecule has 134 valence electrons. The lowest BCUT2D eigenvalue weighted by atomic mass is 9.93. The van der Waals surface area contributed by atoms with Gasteiger partial charge in [-0.3, -0.25) is 9.69 Å². The van der Waals surface area contributed by atoms with E-state index in [1.165, 1.54) is 12.1 Å². The number of halogens is 4. The second-order valence-electron chi connectivity index (χ2n) is 5.93. The first kappa shape index (κ1) is 19.3. The third kappa shape index (κ3) is 4.32. The Morgan fingerprint density at radius 1 is 1.08 bits per heavy atom. The minimum absolute atomic E-state index is 0. The Morgan fingerprint density at radius 2 is 1.68 bits per heavy atom. The molecule has 1 unspecified atom stereocenters. The molecule has 0 aromatic heterocycles. The smallest absolute Gasteiger partial charge is 0.416 e. The van der Waals surface area contributed by atoms with Gasteiger partial charge in [-0.1, -0.05) is 36.4 Å². The number of hydrogen-bond acceptors (Lipinski definition) is 2. The van der Waals surface area contributed by atoms with Crippen LogP contribution in [0.5, 0.6) is 0 Å². The highest BCUT2D eigenvalue weighted by molar-refractivity contribution is 5.85. The number of carboxylic acid groups (broad SMARTS) is 1. The van der Waals surface area contributed by atoms with Crippen molar-refractivity contribution >= 4 is 18.4 Å². The van der Waals surface area contributed by atoms with Crippen LogP contribution in [-0.2, 0) is 30.5 Å². The van der Waals surface area contributed by atoms with Crippen molar-refractivity contribution in [3.63, 3.8) is 0 Å². The Morgan fingerprint density at radius 3 is 2.24 bits per heavy atom. The van der Waals surface area contributed by atoms with E-state index in [9.17, 15) is 23.1 Å². The maximum Gasteiger partial charge on any atom is 0.416 e. The molecule has 2 aromatic carbocycles. The molecular formula is C18H17ClF3NO2. The Balaban J connectivity index is 0.00000225. The molecule has 0 bridgehead atoms. The number of benzene rings is 2. The summed E-state index contributed by atoms with van der Waals surface area (Å²) in [5.41, 5.74) is 2.02. The Hall–Kier alpha value is -2.05. The molecule has 25 heavy (non-hydrogen) atoms. The molecule has 1 heterocycles. The Labute approximate surface area is 149 Å². The fraction of sp³-hybridized carbons (Fsp3) is 0.278. The highest BCUT2D eigenvalue weighted by Gasteiger charge is 2.32. The molecule has 1 N–H and O–H groups in total. The van der Waals surface area contributed by atoms with E-state index in [4.69, 9.17) is 0 Å². The van der Waals surface area contributed by atoms with E-state index < -0.39 is 23.8 Å². The van der Waals surface area contributed by atoms with Crippen LogP contribution in [0, 0.1) is 0 Å². The first-order valence-electron chi connectivity index (χ1n) is 7.54. The molecule has 0 aliphatic carbocycles. The molecule has 7 heteroatoms. The third-order valence-electron chi connectivity index (χ3n) is 4.30. The van der Waals surface area contributed by atoms with Gasteiger partial charge in [-0.2, -0.15) is 13.2 Å². The Kier molecular flexibility index (Phi) is 5.75. The number of carboxylic acids is 1. The summed E-state index contributed by atoms with van der Waals surface area (Å²) in [6.07, 6.45) is -3.97. The van der Waals surface area contributed by atoms with Crippen molar-refractivity contribution in [3.05, 3.63) is 70.8 Å². The second-order valence-corrected chi connectivity index (χ2v) is 5.93. The van der Waals surface area contributed by atoms with E-state index in [2.05, 4.69) is 0 Å². The minimum Gasteiger partial charge on any atom is -0.480 e. The van der Waals surface area contributed by atoms with Gasteiger partial charge >= 0.3 is 12.1 Å². The lowest BCUT2D eigenvalue weighted by Gasteiger charge is -2.34. The van der Waals surface area contributed by atoms with E-state index in [0.717, 1.165) is 23.3 Å². The molecule has 0 saturated heterocycles. The summed E-state index contributed by atoms with van der Waals surface area (Å²) in [6.45, 7) is 0.762. The molecule has 0 amide bonds. The molecule has 2 aromatic rings. The average molecular weight is 372 g/mol. The number of alkyl halides is 3. The van der Waals surface area contributed by atoms with Crippen LogP contribution < -0.4 is 0 Å². The summed E-state index contributed by atoms with van der Waals surface area (Å²) >= 11 is 0. The zero-order valence-corrected chi connectivity index (χ0v) is 14.0. The summed E-state index contributed by atoms with van der Waals surface area (Å²) in [7, 11) is 0. The van der Waals surface area contributed by atoms with Crippen LogP contribution in [0.1, 0.15) is 22.3 Å². The quantitative estimate of drug-likeness (QED) is 0.881. The van der Waals surface area contributed by atoms with Crippen molar-refractivity contribution in [1.82, 2.24) is 4.90 Å². The van der Waals surface area contributed by atoms with Gasteiger partial charge < -0.3 is 5.11 Å². The van der Waals surface area contributed by atoms with E-state index in [1.54, 1.807) is 4.90 Å². The number of carbonyl (C=O) groups is 1. The predicted molar refractivity (Wildman–Crippen MR) is 89.5 cm³/mol. The normalized spacial score (nSPS) is 17.5. The van der Waals surface area contributed by atoms with Crippen LogP contribution >= 0.6 is 12.4 Å². The summed E-state index contributed by atoms with van der Waals surface area (Å²) in [4.78, 5) is 13.3. The van der Waals surface area contributed by atoms with E-state index in [-0.39, 0.29) is 12.4 Å². The van der Waals surface area contributed by atoms with Gasteiger partial charge in [0.05, 0.1) is 5.56 Å². The number of rotatable bonds is 3. The van der Waals surface area contributed by atoms with Crippen LogP contribution in [0.2, 0.25) is 0 Å². The van der Waals surface area contributed by atoms with Crippen LogP contribution in [0.4, 0.5) is 13.2 Å². The number of aliphatic carboxylic acids is 1. The molecule has 0 spiro atoms. The summed E-state index contributed by atoms with van der Waals surface area (Å²) in [6, 6.07) is 11.8. The SMILES string of the molecule is Cl.O=C(O)C1Cc2ccccc2CN1Cc1ccc(C(F)(F)F)cc1. The van der Waals surface area contributed by atoms with Crippen LogP contribution in [-0.4, -0.2) is 22.0 Å². The largest absolute Gasteiger partial charge is 0.480 e. The van der Waals surface area contributed by atoms with E-state index >= 15 is 0 Å². The summed E-state index contributed by atoms with van der Waals surface area (Å²) in [5.74, 6) is -0.920. The van der Waals surface area contributed by atoms with Crippen molar-refractivity contribution in [3.8, 4) is 0 Å². The fourth-order valence-electron chi connectivity index (χ4n) is 3.02. The first-order chi connectivity index (χ1) is 11.3. The standard InChI is InChI=1S/C18H16F3NO2.ClH/c19-18(20,21)15-7-5-12(6-8-15)10-22-11-14-4-2-1-3-13(14)9-16(22)17(23)24;/h1-8,16H,9-11H2,(H,23,24);1H. The van der Waals surface area contributed by atoms with Crippen LogP contribution in [0.25, 0.3) is 0 Å². The van der Waals surface area contributed by atoms with Gasteiger partial charge in [0, 0.05) is 13.1 Å². The lowest BCUT2D eigenvalue weighted by molar-refractivity contribution is -0.144. The van der Waals surface area contributed by atoms with E-state index in [1.807, 2.05) is 24.3 Å². The van der Waals surface area contributed by atoms with Gasteiger partial charge in [0.15, 0.2) is 0 Å². The first-order valence-corrected chi connectivity index (χ1v) is 7.54. The average Bonchev–Trinajstić information content (AvgIpc) is 2.53. The summed E-state index contributed by atoms with van der Waals surface area (Å²) in [5, 5.41) is 9.47. The predicted octanol–water partition coefficient (Wildman–Crippen LogP) is 4.14. The van der Waals surface area contributed by atoms with Crippen LogP contribution in [0.15, 0.2) is 48.5 Å². The third-order valence-corrected chi connectivity index (χ3v) is 4.30. The molecule has 1 aliphatic rings. The zero-order chi connectivity index (χ0) is 17.3. The Bertz CT molecular complexity index is 747. The lowest BCUT2D eigenvalue weighted by Crippen LogP contribution is -2.45. The van der Waals surface area contributed by atoms with Gasteiger partial charge in [0.2, 0.25) is 0 Å². The van der Waals surface area contributed by atoms with Crippen molar-refractivity contribution in [2.45, 2.75) is 31.7 Å². The van der Waals surface area contributed by atoms with Crippen molar-refractivity contribution in [2.24, 2.45) is 0 Å². The topological polar surface area (TPSA) is 40.5 Å². The highest BCUT2D eigenvalue weighted by atomic mass is 35.5. The van der Waals surface area contributed by atoms with Gasteiger partial charge in [-0.05, 0) is 35.2 Å². The molecule has 3 nitrogen and oxygen atoms in total. The fourth-order valence-corrected chi connectivity index (χ4v) is 3.02. The van der Waals surface area contributed by atoms with Gasteiger partial charge in [-0.25, -0.2) is 0 Å². The number of fused-ring (bicyclic) bond motifs is 1. The minimum atomic E-state index is -4.37. The monoisotopic (exact) mass is 371 g/mol. The highest BCUT2D eigenvalue weighted by Crippen LogP contribution is 2.30. The van der Waals surface area contributed by atoms with E-state index in [0.29, 0.717) is 25.1 Å². The molecule has 0 radical (unpaired) electrons. The summed E-state index contributed by atoms with van der Waals surface area (Å²) < 4.78 is 37.9. The van der Waals surface area contributed by atoms with Gasteiger partial charge in [-0.15, -0.1) is 12.4 Å². The maximum atomic E-state index is 12.6. The molecule has 1 atom stereocenters. The molecule has 0 saturated carbocycles. The number of hydrogen-bond donors (Lipinski definition) is 1. The van der Waals surface area contributed by atoms with Gasteiger partial charge in [0.1, 0.15) is 6.04 Å². The zero-order valence-electron chi connectivity index (χ0n) is 13.2. The number of nitrogens with zero attached hydrogens (tertiary/aromatic N) is 1. The van der Waals surface area contributed by atoms with Crippen molar-refractivity contribution in [1.29, 1.82) is 0 Å². The molecular weight excluding hydrogens is 355 g/mol. The molecule has 3 rings (SSSR count). The van der Waals surface area contributed by atoms with Crippen LogP contribution in [0.3, 0.4) is 0 Å². The molecule has 1 aliphatic heterocycles.